The molecular formula is C15H19F3N2O3. The molecule has 1 atom stereocenters. The fraction of sp³-hybridized carbons (Fsp3) is 0.667. The molecule has 2 saturated heterocycles. The first kappa shape index (κ1) is 16.5. The molecule has 1 unspecified atom stereocenters. The Balaban J connectivity index is 1.44. The van der Waals surface area contributed by atoms with E-state index in [0.29, 0.717) is 13.2 Å². The minimum atomic E-state index is -4.37. The highest BCUT2D eigenvalue weighted by Crippen LogP contribution is 2.29. The minimum absolute atomic E-state index is 0.0512. The summed E-state index contributed by atoms with van der Waals surface area (Å²) < 4.78 is 53.9. The summed E-state index contributed by atoms with van der Waals surface area (Å²) in [5, 5.41) is 0. The fourth-order valence-corrected chi connectivity index (χ4v) is 2.75. The van der Waals surface area contributed by atoms with Crippen molar-refractivity contribution in [3.05, 3.63) is 23.9 Å². The van der Waals surface area contributed by atoms with E-state index in [4.69, 9.17) is 14.2 Å². The molecular weight excluding hydrogens is 313 g/mol. The Hall–Kier alpha value is -1.38. The second kappa shape index (κ2) is 7.02. The number of hydrogen-bond donors (Lipinski definition) is 0. The first-order valence-electron chi connectivity index (χ1n) is 7.66. The molecule has 0 spiro atoms. The highest BCUT2D eigenvalue weighted by Gasteiger charge is 2.31. The molecule has 0 N–H and O–H groups in total. The first-order chi connectivity index (χ1) is 11.0. The van der Waals surface area contributed by atoms with Crippen molar-refractivity contribution in [1.82, 2.24) is 9.88 Å². The number of halogens is 3. The molecule has 0 aliphatic carbocycles. The van der Waals surface area contributed by atoms with Gasteiger partial charge in [0, 0.05) is 38.3 Å². The van der Waals surface area contributed by atoms with Crippen molar-refractivity contribution in [3.63, 3.8) is 0 Å². The van der Waals surface area contributed by atoms with E-state index in [-0.39, 0.29) is 18.3 Å². The van der Waals surface area contributed by atoms with Crippen LogP contribution in [0.5, 0.6) is 5.88 Å². The van der Waals surface area contributed by atoms with Crippen molar-refractivity contribution < 1.29 is 27.4 Å². The summed E-state index contributed by atoms with van der Waals surface area (Å²) in [4.78, 5) is 5.98. The maximum Gasteiger partial charge on any atom is 0.417 e. The van der Waals surface area contributed by atoms with Crippen molar-refractivity contribution in [1.29, 1.82) is 0 Å². The molecule has 3 rings (SSSR count). The summed E-state index contributed by atoms with van der Waals surface area (Å²) in [7, 11) is 0. The van der Waals surface area contributed by atoms with Crippen LogP contribution in [-0.2, 0) is 15.7 Å². The zero-order chi connectivity index (χ0) is 16.3. The van der Waals surface area contributed by atoms with Crippen LogP contribution in [0.1, 0.15) is 18.4 Å². The lowest BCUT2D eigenvalue weighted by Crippen LogP contribution is -2.28. The quantitative estimate of drug-likeness (QED) is 0.828. The summed E-state index contributed by atoms with van der Waals surface area (Å²) in [5.41, 5.74) is -0.769. The van der Waals surface area contributed by atoms with Crippen LogP contribution in [0.25, 0.3) is 0 Å². The van der Waals surface area contributed by atoms with Crippen molar-refractivity contribution in [2.75, 3.05) is 32.8 Å². The third-order valence-electron chi connectivity index (χ3n) is 3.95. The van der Waals surface area contributed by atoms with E-state index in [1.54, 1.807) is 0 Å². The average molecular weight is 332 g/mol. The molecule has 1 aromatic heterocycles. The topological polar surface area (TPSA) is 43.8 Å². The van der Waals surface area contributed by atoms with Gasteiger partial charge < -0.3 is 14.2 Å². The van der Waals surface area contributed by atoms with Crippen LogP contribution in [0.3, 0.4) is 0 Å². The van der Waals surface area contributed by atoms with Crippen molar-refractivity contribution in [2.24, 2.45) is 0 Å². The van der Waals surface area contributed by atoms with Gasteiger partial charge in [0.15, 0.2) is 6.29 Å². The van der Waals surface area contributed by atoms with E-state index < -0.39 is 11.7 Å². The highest BCUT2D eigenvalue weighted by molar-refractivity contribution is 5.20. The van der Waals surface area contributed by atoms with Gasteiger partial charge in [0.2, 0.25) is 5.88 Å². The molecule has 0 amide bonds. The monoisotopic (exact) mass is 332 g/mol. The molecule has 23 heavy (non-hydrogen) atoms. The van der Waals surface area contributed by atoms with Gasteiger partial charge in [-0.2, -0.15) is 13.2 Å². The zero-order valence-corrected chi connectivity index (χ0v) is 12.6. The van der Waals surface area contributed by atoms with Gasteiger partial charge in [0.25, 0.3) is 0 Å². The lowest BCUT2D eigenvalue weighted by molar-refractivity contribution is -0.137. The number of nitrogens with zero attached hydrogens (tertiary/aromatic N) is 2. The SMILES string of the molecule is FC(F)(F)c1ccc(OC2CCN(CCC3OCCO3)C2)nc1. The summed E-state index contributed by atoms with van der Waals surface area (Å²) in [6.07, 6.45) is -2.10. The van der Waals surface area contributed by atoms with E-state index in [1.807, 2.05) is 0 Å². The Labute approximate surface area is 132 Å². The van der Waals surface area contributed by atoms with Gasteiger partial charge in [0.1, 0.15) is 6.10 Å². The molecule has 0 saturated carbocycles. The minimum Gasteiger partial charge on any atom is -0.473 e. The smallest absolute Gasteiger partial charge is 0.417 e. The molecule has 8 heteroatoms. The van der Waals surface area contributed by atoms with Crippen LogP contribution < -0.4 is 4.74 Å². The number of rotatable bonds is 5. The average Bonchev–Trinajstić information content (AvgIpc) is 3.16. The molecule has 0 bridgehead atoms. The highest BCUT2D eigenvalue weighted by atomic mass is 19.4. The van der Waals surface area contributed by atoms with E-state index >= 15 is 0 Å². The van der Waals surface area contributed by atoms with Crippen LogP contribution in [0.4, 0.5) is 13.2 Å². The third-order valence-corrected chi connectivity index (χ3v) is 3.95. The van der Waals surface area contributed by atoms with Crippen LogP contribution in [0.2, 0.25) is 0 Å². The summed E-state index contributed by atoms with van der Waals surface area (Å²) in [6, 6.07) is 2.26. The molecule has 2 aliphatic heterocycles. The Bertz CT molecular complexity index is 504. The van der Waals surface area contributed by atoms with Gasteiger partial charge in [-0.1, -0.05) is 0 Å². The van der Waals surface area contributed by atoms with Gasteiger partial charge >= 0.3 is 6.18 Å². The second-order valence-corrected chi connectivity index (χ2v) is 5.67. The standard InChI is InChI=1S/C15H19F3N2O3/c16-15(17,18)11-1-2-13(19-9-11)23-12-3-5-20(10-12)6-4-14-21-7-8-22-14/h1-2,9,12,14H,3-8,10H2. The van der Waals surface area contributed by atoms with Crippen molar-refractivity contribution >= 4 is 0 Å². The molecule has 1 aromatic rings. The Morgan fingerprint density at radius 3 is 2.70 bits per heavy atom. The van der Waals surface area contributed by atoms with Gasteiger partial charge in [-0.15, -0.1) is 0 Å². The van der Waals surface area contributed by atoms with Crippen LogP contribution >= 0.6 is 0 Å². The molecule has 0 aromatic carbocycles. The third kappa shape index (κ3) is 4.55. The first-order valence-corrected chi connectivity index (χ1v) is 7.66. The lowest BCUT2D eigenvalue weighted by atomic mass is 10.3. The Kier molecular flexibility index (Phi) is 5.03. The predicted octanol–water partition coefficient (Wildman–Crippen LogP) is 2.32. The second-order valence-electron chi connectivity index (χ2n) is 5.67. The molecule has 0 radical (unpaired) electrons. The van der Waals surface area contributed by atoms with Crippen LogP contribution in [0.15, 0.2) is 18.3 Å². The van der Waals surface area contributed by atoms with E-state index in [1.165, 1.54) is 6.07 Å². The Morgan fingerprint density at radius 2 is 2.04 bits per heavy atom. The summed E-state index contributed by atoms with van der Waals surface area (Å²) >= 11 is 0. The molecule has 3 heterocycles. The van der Waals surface area contributed by atoms with Crippen molar-refractivity contribution in [3.8, 4) is 5.88 Å². The Morgan fingerprint density at radius 1 is 1.26 bits per heavy atom. The molecule has 128 valence electrons. The largest absolute Gasteiger partial charge is 0.473 e. The summed E-state index contributed by atoms with van der Waals surface area (Å²) in [6.45, 7) is 3.77. The van der Waals surface area contributed by atoms with E-state index in [2.05, 4.69) is 9.88 Å². The maximum absolute atomic E-state index is 12.5. The van der Waals surface area contributed by atoms with Crippen LogP contribution in [0, 0.1) is 0 Å². The number of alkyl halides is 3. The summed E-state index contributed by atoms with van der Waals surface area (Å²) in [5.74, 6) is 0.229. The molecule has 2 fully saturated rings. The van der Waals surface area contributed by atoms with Gasteiger partial charge in [-0.25, -0.2) is 4.98 Å². The normalized spacial score (nSPS) is 23.5. The van der Waals surface area contributed by atoms with Gasteiger partial charge in [0.05, 0.1) is 18.8 Å². The fourth-order valence-electron chi connectivity index (χ4n) is 2.75. The van der Waals surface area contributed by atoms with Crippen molar-refractivity contribution in [2.45, 2.75) is 31.4 Å². The maximum atomic E-state index is 12.5. The molecule has 2 aliphatic rings. The molecule has 5 nitrogen and oxygen atoms in total. The number of likely N-dealkylation sites (tertiary alicyclic amines) is 1. The zero-order valence-electron chi connectivity index (χ0n) is 12.6. The number of hydrogen-bond acceptors (Lipinski definition) is 5. The van der Waals surface area contributed by atoms with E-state index in [9.17, 15) is 13.2 Å². The van der Waals surface area contributed by atoms with Gasteiger partial charge in [-0.05, 0) is 12.5 Å². The van der Waals surface area contributed by atoms with E-state index in [0.717, 1.165) is 44.7 Å². The van der Waals surface area contributed by atoms with Crippen LogP contribution in [-0.4, -0.2) is 55.1 Å². The number of aromatic nitrogens is 1. The number of pyridine rings is 1. The lowest BCUT2D eigenvalue weighted by Gasteiger charge is -2.18. The number of ether oxygens (including phenoxy) is 3. The predicted molar refractivity (Wildman–Crippen MR) is 75.0 cm³/mol. The van der Waals surface area contributed by atoms with Gasteiger partial charge in [-0.3, -0.25) is 4.90 Å².